The van der Waals surface area contributed by atoms with Gasteiger partial charge in [-0.3, -0.25) is 0 Å². The van der Waals surface area contributed by atoms with Crippen LogP contribution in [0, 0.1) is 11.3 Å². The lowest BCUT2D eigenvalue weighted by atomic mass is 9.89. The first-order chi connectivity index (χ1) is 10.0. The van der Waals surface area contributed by atoms with Crippen LogP contribution in [0.3, 0.4) is 0 Å². The zero-order valence-corrected chi connectivity index (χ0v) is 14.6. The Labute approximate surface area is 132 Å². The Kier molecular flexibility index (Phi) is 6.79. The van der Waals surface area contributed by atoms with Crippen LogP contribution in [-0.2, 0) is 4.74 Å². The molecular formula is C20H36O. The van der Waals surface area contributed by atoms with Gasteiger partial charge in [0.1, 0.15) is 0 Å². The highest BCUT2D eigenvalue weighted by molar-refractivity contribution is 4.95. The van der Waals surface area contributed by atoms with Crippen molar-refractivity contribution in [2.45, 2.75) is 104 Å². The van der Waals surface area contributed by atoms with Crippen LogP contribution in [0.2, 0.25) is 0 Å². The summed E-state index contributed by atoms with van der Waals surface area (Å²) in [5, 5.41) is 0. The molecule has 2 fully saturated rings. The van der Waals surface area contributed by atoms with Crippen molar-refractivity contribution in [3.63, 3.8) is 0 Å². The van der Waals surface area contributed by atoms with E-state index in [1.807, 2.05) is 0 Å². The summed E-state index contributed by atoms with van der Waals surface area (Å²) in [5.41, 5.74) is 0.516. The van der Waals surface area contributed by atoms with Crippen LogP contribution in [0.4, 0.5) is 0 Å². The molecule has 0 spiro atoms. The van der Waals surface area contributed by atoms with Gasteiger partial charge in [-0.25, -0.2) is 0 Å². The molecule has 1 saturated heterocycles. The van der Waals surface area contributed by atoms with E-state index in [0.717, 1.165) is 12.3 Å². The predicted octanol–water partition coefficient (Wildman–Crippen LogP) is 6.28. The van der Waals surface area contributed by atoms with E-state index in [4.69, 9.17) is 4.74 Å². The molecule has 21 heavy (non-hydrogen) atoms. The van der Waals surface area contributed by atoms with E-state index in [1.54, 1.807) is 0 Å². The van der Waals surface area contributed by atoms with Gasteiger partial charge in [0, 0.05) is 0 Å². The Balaban J connectivity index is 1.34. The van der Waals surface area contributed by atoms with Crippen molar-refractivity contribution in [1.82, 2.24) is 0 Å². The fourth-order valence-corrected chi connectivity index (χ4v) is 3.04. The lowest BCUT2D eigenvalue weighted by Crippen LogP contribution is -2.03. The third kappa shape index (κ3) is 8.66. The minimum absolute atomic E-state index is 0.516. The van der Waals surface area contributed by atoms with Crippen molar-refractivity contribution in [1.29, 1.82) is 0 Å². The van der Waals surface area contributed by atoms with E-state index >= 15 is 0 Å². The molecule has 2 unspecified atom stereocenters. The summed E-state index contributed by atoms with van der Waals surface area (Å²) in [6.45, 7) is 7.03. The van der Waals surface area contributed by atoms with Crippen LogP contribution in [-0.4, -0.2) is 12.2 Å². The quantitative estimate of drug-likeness (QED) is 0.248. The Morgan fingerprint density at radius 3 is 2.24 bits per heavy atom. The molecule has 1 heterocycles. The van der Waals surface area contributed by atoms with Gasteiger partial charge in [-0.1, -0.05) is 65.0 Å². The standard InChI is InChI=1S/C20H36O/c1-20(2,3)16-10-6-4-5-7-12-18-19(21-18)13-9-8-11-17-14-15-17/h8-9,17-19H,4-7,10-16H2,1-3H3/b9-8-. The SMILES string of the molecule is CC(C)(C)CCCCCCCC1OC1C/C=C\CC1CC1. The molecule has 1 heteroatoms. The predicted molar refractivity (Wildman–Crippen MR) is 91.5 cm³/mol. The van der Waals surface area contributed by atoms with Crippen molar-refractivity contribution >= 4 is 0 Å². The third-order valence-corrected chi connectivity index (χ3v) is 4.80. The summed E-state index contributed by atoms with van der Waals surface area (Å²) in [7, 11) is 0. The van der Waals surface area contributed by atoms with E-state index in [1.165, 1.54) is 64.2 Å². The maximum Gasteiger partial charge on any atom is 0.0876 e. The highest BCUT2D eigenvalue weighted by atomic mass is 16.6. The fourth-order valence-electron chi connectivity index (χ4n) is 3.04. The van der Waals surface area contributed by atoms with Crippen LogP contribution in [0.15, 0.2) is 12.2 Å². The van der Waals surface area contributed by atoms with Crippen molar-refractivity contribution in [2.75, 3.05) is 0 Å². The van der Waals surface area contributed by atoms with E-state index in [-0.39, 0.29) is 0 Å². The fraction of sp³-hybridized carbons (Fsp3) is 0.900. The molecule has 0 bridgehead atoms. The molecular weight excluding hydrogens is 256 g/mol. The zero-order chi connectivity index (χ0) is 15.1. The molecule has 122 valence electrons. The van der Waals surface area contributed by atoms with E-state index in [9.17, 15) is 0 Å². The third-order valence-electron chi connectivity index (χ3n) is 4.80. The molecule has 0 N–H and O–H groups in total. The normalized spacial score (nSPS) is 25.7. The summed E-state index contributed by atoms with van der Waals surface area (Å²) < 4.78 is 5.76. The largest absolute Gasteiger partial charge is 0.369 e. The van der Waals surface area contributed by atoms with E-state index in [0.29, 0.717) is 17.6 Å². The number of hydrogen-bond donors (Lipinski definition) is 0. The molecule has 2 rings (SSSR count). The number of epoxide rings is 1. The summed E-state index contributed by atoms with van der Waals surface area (Å²) in [6.07, 6.45) is 20.9. The van der Waals surface area contributed by atoms with Crippen molar-refractivity contribution in [2.24, 2.45) is 11.3 Å². The maximum absolute atomic E-state index is 5.76. The van der Waals surface area contributed by atoms with Gasteiger partial charge in [0.05, 0.1) is 12.2 Å². The first-order valence-electron chi connectivity index (χ1n) is 9.35. The van der Waals surface area contributed by atoms with Crippen molar-refractivity contribution in [3.05, 3.63) is 12.2 Å². The van der Waals surface area contributed by atoms with Crippen LogP contribution < -0.4 is 0 Å². The van der Waals surface area contributed by atoms with Crippen molar-refractivity contribution in [3.8, 4) is 0 Å². The lowest BCUT2D eigenvalue weighted by molar-refractivity contribution is 0.350. The van der Waals surface area contributed by atoms with Gasteiger partial charge < -0.3 is 4.74 Å². The second-order valence-corrected chi connectivity index (χ2v) is 8.47. The summed E-state index contributed by atoms with van der Waals surface area (Å²) in [5.74, 6) is 1.02. The molecule has 0 amide bonds. The lowest BCUT2D eigenvalue weighted by Gasteiger charge is -2.17. The Bertz CT molecular complexity index is 308. The Hall–Kier alpha value is -0.300. The number of hydrogen-bond acceptors (Lipinski definition) is 1. The van der Waals surface area contributed by atoms with Gasteiger partial charge in [-0.05, 0) is 49.9 Å². The van der Waals surface area contributed by atoms with Crippen LogP contribution in [0.5, 0.6) is 0 Å². The smallest absolute Gasteiger partial charge is 0.0876 e. The average molecular weight is 293 g/mol. The number of unbranched alkanes of at least 4 members (excludes halogenated alkanes) is 4. The number of ether oxygens (including phenoxy) is 1. The maximum atomic E-state index is 5.76. The highest BCUT2D eigenvalue weighted by Crippen LogP contribution is 2.34. The molecule has 1 aliphatic heterocycles. The molecule has 0 aromatic heterocycles. The van der Waals surface area contributed by atoms with Gasteiger partial charge in [-0.15, -0.1) is 0 Å². The molecule has 2 atom stereocenters. The van der Waals surface area contributed by atoms with Gasteiger partial charge in [0.15, 0.2) is 0 Å². The van der Waals surface area contributed by atoms with Gasteiger partial charge in [0.2, 0.25) is 0 Å². The molecule has 2 aliphatic rings. The minimum Gasteiger partial charge on any atom is -0.369 e. The first-order valence-corrected chi connectivity index (χ1v) is 9.35. The van der Waals surface area contributed by atoms with Crippen LogP contribution >= 0.6 is 0 Å². The highest BCUT2D eigenvalue weighted by Gasteiger charge is 2.36. The first kappa shape index (κ1) is 17.1. The second kappa shape index (κ2) is 8.36. The molecule has 1 saturated carbocycles. The van der Waals surface area contributed by atoms with Crippen LogP contribution in [0.25, 0.3) is 0 Å². The summed E-state index contributed by atoms with van der Waals surface area (Å²) >= 11 is 0. The molecule has 1 nitrogen and oxygen atoms in total. The van der Waals surface area contributed by atoms with Gasteiger partial charge in [-0.2, -0.15) is 0 Å². The average Bonchev–Trinajstić information content (AvgIpc) is 3.29. The van der Waals surface area contributed by atoms with Crippen molar-refractivity contribution < 1.29 is 4.74 Å². The second-order valence-electron chi connectivity index (χ2n) is 8.47. The zero-order valence-electron chi connectivity index (χ0n) is 14.6. The number of allylic oxidation sites excluding steroid dienone is 1. The Morgan fingerprint density at radius 2 is 1.52 bits per heavy atom. The monoisotopic (exact) mass is 292 g/mol. The molecule has 0 aromatic rings. The van der Waals surface area contributed by atoms with Gasteiger partial charge >= 0.3 is 0 Å². The van der Waals surface area contributed by atoms with E-state index in [2.05, 4.69) is 32.9 Å². The van der Waals surface area contributed by atoms with Gasteiger partial charge in [0.25, 0.3) is 0 Å². The minimum atomic E-state index is 0.516. The topological polar surface area (TPSA) is 12.5 Å². The van der Waals surface area contributed by atoms with E-state index < -0.39 is 0 Å². The summed E-state index contributed by atoms with van der Waals surface area (Å²) in [6, 6.07) is 0. The molecule has 1 aliphatic carbocycles. The molecule has 0 radical (unpaired) electrons. The summed E-state index contributed by atoms with van der Waals surface area (Å²) in [4.78, 5) is 0. The number of rotatable bonds is 11. The molecule has 0 aromatic carbocycles. The van der Waals surface area contributed by atoms with Crippen LogP contribution in [0.1, 0.15) is 91.4 Å². The Morgan fingerprint density at radius 1 is 0.857 bits per heavy atom.